The van der Waals surface area contributed by atoms with Crippen LogP contribution in [0.4, 0.5) is 10.5 Å². The molecule has 0 spiro atoms. The van der Waals surface area contributed by atoms with Crippen LogP contribution in [0.5, 0.6) is 0 Å². The van der Waals surface area contributed by atoms with Crippen molar-refractivity contribution < 1.29 is 13.9 Å². The van der Waals surface area contributed by atoms with Crippen molar-refractivity contribution in [3.8, 4) is 0 Å². The average Bonchev–Trinajstić information content (AvgIpc) is 2.99. The van der Waals surface area contributed by atoms with Crippen LogP contribution in [0.3, 0.4) is 0 Å². The van der Waals surface area contributed by atoms with Gasteiger partial charge in [0.15, 0.2) is 0 Å². The molecular formula is C19H20N2O3. The quantitative estimate of drug-likeness (QED) is 0.728. The summed E-state index contributed by atoms with van der Waals surface area (Å²) >= 11 is 0. The van der Waals surface area contributed by atoms with Gasteiger partial charge in [0.1, 0.15) is 11.3 Å². The molecule has 0 saturated carbocycles. The number of carbonyl (C=O) groups is 1. The molecule has 5 heteroatoms. The molecule has 1 atom stereocenters. The number of methoxy groups -OCH3 is 1. The van der Waals surface area contributed by atoms with Gasteiger partial charge in [-0.2, -0.15) is 0 Å². The zero-order valence-electron chi connectivity index (χ0n) is 13.7. The Kier molecular flexibility index (Phi) is 4.82. The summed E-state index contributed by atoms with van der Waals surface area (Å²) in [4.78, 5) is 12.2. The molecule has 24 heavy (non-hydrogen) atoms. The number of anilines is 1. The smallest absolute Gasteiger partial charge is 0.319 e. The number of ether oxygens (including phenoxy) is 1. The molecule has 124 valence electrons. The molecule has 1 heterocycles. The highest BCUT2D eigenvalue weighted by atomic mass is 16.5. The Morgan fingerprint density at radius 1 is 1.17 bits per heavy atom. The highest BCUT2D eigenvalue weighted by Gasteiger charge is 2.14. The van der Waals surface area contributed by atoms with Crippen LogP contribution in [0.1, 0.15) is 24.3 Å². The number of rotatable bonds is 5. The molecule has 3 aromatic rings. The Morgan fingerprint density at radius 3 is 2.79 bits per heavy atom. The molecule has 0 aliphatic carbocycles. The largest absolute Gasteiger partial charge is 0.459 e. The molecule has 3 rings (SSSR count). The van der Waals surface area contributed by atoms with Crippen molar-refractivity contribution in [2.75, 3.05) is 12.4 Å². The number of carbonyl (C=O) groups excluding carboxylic acids is 1. The van der Waals surface area contributed by atoms with Crippen LogP contribution < -0.4 is 10.6 Å². The Morgan fingerprint density at radius 2 is 2.00 bits per heavy atom. The molecule has 0 unspecified atom stereocenters. The molecule has 1 aromatic heterocycles. The monoisotopic (exact) mass is 324 g/mol. The van der Waals surface area contributed by atoms with Gasteiger partial charge in [0, 0.05) is 18.2 Å². The second-order valence-electron chi connectivity index (χ2n) is 5.64. The third-order valence-electron chi connectivity index (χ3n) is 3.71. The molecule has 0 fully saturated rings. The fourth-order valence-electron chi connectivity index (χ4n) is 2.56. The van der Waals surface area contributed by atoms with Gasteiger partial charge in [-0.3, -0.25) is 0 Å². The third kappa shape index (κ3) is 3.75. The first kappa shape index (κ1) is 16.1. The Bertz CT molecular complexity index is 808. The maximum atomic E-state index is 12.2. The fourth-order valence-corrected chi connectivity index (χ4v) is 2.56. The average molecular weight is 324 g/mol. The first-order valence-corrected chi connectivity index (χ1v) is 7.79. The van der Waals surface area contributed by atoms with Gasteiger partial charge in [-0.25, -0.2) is 4.79 Å². The van der Waals surface area contributed by atoms with Crippen LogP contribution in [0, 0.1) is 0 Å². The second-order valence-corrected chi connectivity index (χ2v) is 5.64. The van der Waals surface area contributed by atoms with Crippen LogP contribution >= 0.6 is 0 Å². The maximum absolute atomic E-state index is 12.2. The van der Waals surface area contributed by atoms with Crippen LogP contribution in [-0.2, 0) is 11.3 Å². The second kappa shape index (κ2) is 7.19. The van der Waals surface area contributed by atoms with Crippen molar-refractivity contribution in [3.63, 3.8) is 0 Å². The standard InChI is InChI=1S/C19H20N2O3/c1-13(18-11-15-7-3-4-9-17(15)24-18)20-19(22)21-16-8-5-6-14(10-16)12-23-2/h3-11,13H,12H2,1-2H3,(H2,20,21,22)/t13-/m1/s1. The maximum Gasteiger partial charge on any atom is 0.319 e. The van der Waals surface area contributed by atoms with Crippen LogP contribution in [0.25, 0.3) is 11.0 Å². The predicted molar refractivity (Wildman–Crippen MR) is 93.9 cm³/mol. The molecule has 2 N–H and O–H groups in total. The van der Waals surface area contributed by atoms with Crippen LogP contribution in [0.2, 0.25) is 0 Å². The number of hydrogen-bond acceptors (Lipinski definition) is 3. The number of furan rings is 1. The number of hydrogen-bond donors (Lipinski definition) is 2. The van der Waals surface area contributed by atoms with E-state index in [9.17, 15) is 4.79 Å². The molecule has 0 saturated heterocycles. The van der Waals surface area contributed by atoms with Gasteiger partial charge < -0.3 is 19.8 Å². The molecule has 0 radical (unpaired) electrons. The summed E-state index contributed by atoms with van der Waals surface area (Å²) in [6.07, 6.45) is 0. The first-order chi connectivity index (χ1) is 11.7. The van der Waals surface area contributed by atoms with E-state index in [4.69, 9.17) is 9.15 Å². The molecular weight excluding hydrogens is 304 g/mol. The number of urea groups is 1. The molecule has 5 nitrogen and oxygen atoms in total. The minimum absolute atomic E-state index is 0.237. The van der Waals surface area contributed by atoms with Crippen molar-refractivity contribution >= 4 is 22.7 Å². The van der Waals surface area contributed by atoms with E-state index in [2.05, 4.69) is 10.6 Å². The van der Waals surface area contributed by atoms with E-state index < -0.39 is 0 Å². The summed E-state index contributed by atoms with van der Waals surface area (Å²) in [5.41, 5.74) is 2.54. The van der Waals surface area contributed by atoms with E-state index in [1.54, 1.807) is 7.11 Å². The number of fused-ring (bicyclic) bond motifs is 1. The predicted octanol–water partition coefficient (Wildman–Crippen LogP) is 4.46. The van der Waals surface area contributed by atoms with E-state index in [0.717, 1.165) is 28.0 Å². The minimum Gasteiger partial charge on any atom is -0.459 e. The summed E-state index contributed by atoms with van der Waals surface area (Å²) < 4.78 is 10.9. The molecule has 0 aliphatic rings. The zero-order valence-corrected chi connectivity index (χ0v) is 13.7. The lowest BCUT2D eigenvalue weighted by Crippen LogP contribution is -2.30. The summed E-state index contributed by atoms with van der Waals surface area (Å²) in [7, 11) is 1.64. The van der Waals surface area contributed by atoms with Crippen molar-refractivity contribution in [1.82, 2.24) is 5.32 Å². The van der Waals surface area contributed by atoms with Gasteiger partial charge in [0.05, 0.1) is 12.6 Å². The Balaban J connectivity index is 1.64. The van der Waals surface area contributed by atoms with Gasteiger partial charge in [0.25, 0.3) is 0 Å². The molecule has 0 aliphatic heterocycles. The van der Waals surface area contributed by atoms with E-state index in [1.165, 1.54) is 0 Å². The SMILES string of the molecule is COCc1cccc(NC(=O)N[C@H](C)c2cc3ccccc3o2)c1. The van der Waals surface area contributed by atoms with Crippen LogP contribution in [0.15, 0.2) is 59.0 Å². The first-order valence-electron chi connectivity index (χ1n) is 7.79. The van der Waals surface area contributed by atoms with E-state index in [0.29, 0.717) is 6.61 Å². The summed E-state index contributed by atoms with van der Waals surface area (Å²) in [5.74, 6) is 0.722. The minimum atomic E-state index is -0.280. The van der Waals surface area contributed by atoms with E-state index in [-0.39, 0.29) is 12.1 Å². The normalized spacial score (nSPS) is 12.1. The molecule has 0 bridgehead atoms. The lowest BCUT2D eigenvalue weighted by Gasteiger charge is -2.13. The zero-order chi connectivity index (χ0) is 16.9. The van der Waals surface area contributed by atoms with Gasteiger partial charge in [-0.05, 0) is 36.8 Å². The lowest BCUT2D eigenvalue weighted by molar-refractivity contribution is 0.185. The summed E-state index contributed by atoms with van der Waals surface area (Å²) in [6, 6.07) is 16.8. The van der Waals surface area contributed by atoms with Crippen LogP contribution in [-0.4, -0.2) is 13.1 Å². The van der Waals surface area contributed by atoms with Crippen molar-refractivity contribution in [1.29, 1.82) is 0 Å². The molecule has 2 amide bonds. The van der Waals surface area contributed by atoms with E-state index >= 15 is 0 Å². The van der Waals surface area contributed by atoms with Crippen molar-refractivity contribution in [2.24, 2.45) is 0 Å². The number of benzene rings is 2. The summed E-state index contributed by atoms with van der Waals surface area (Å²) in [5, 5.41) is 6.73. The van der Waals surface area contributed by atoms with Crippen molar-refractivity contribution in [3.05, 3.63) is 65.9 Å². The highest BCUT2D eigenvalue weighted by molar-refractivity contribution is 5.89. The summed E-state index contributed by atoms with van der Waals surface area (Å²) in [6.45, 7) is 2.39. The Labute approximate surface area is 140 Å². The third-order valence-corrected chi connectivity index (χ3v) is 3.71. The topological polar surface area (TPSA) is 63.5 Å². The fraction of sp³-hybridized carbons (Fsp3) is 0.211. The Hall–Kier alpha value is -2.79. The molecule has 2 aromatic carbocycles. The van der Waals surface area contributed by atoms with Gasteiger partial charge in [-0.1, -0.05) is 30.3 Å². The lowest BCUT2D eigenvalue weighted by atomic mass is 10.2. The van der Waals surface area contributed by atoms with Gasteiger partial charge in [0.2, 0.25) is 0 Å². The number of para-hydroxylation sites is 1. The van der Waals surface area contributed by atoms with Crippen molar-refractivity contribution in [2.45, 2.75) is 19.6 Å². The number of amides is 2. The van der Waals surface area contributed by atoms with E-state index in [1.807, 2.05) is 61.5 Å². The number of nitrogens with one attached hydrogen (secondary N) is 2. The van der Waals surface area contributed by atoms with Gasteiger partial charge in [-0.15, -0.1) is 0 Å². The highest BCUT2D eigenvalue weighted by Crippen LogP contribution is 2.23. The van der Waals surface area contributed by atoms with Gasteiger partial charge >= 0.3 is 6.03 Å².